The maximum absolute atomic E-state index is 12.5. The van der Waals surface area contributed by atoms with Crippen molar-refractivity contribution in [3.63, 3.8) is 0 Å². The van der Waals surface area contributed by atoms with E-state index in [9.17, 15) is 4.79 Å². The molecule has 26 heavy (non-hydrogen) atoms. The summed E-state index contributed by atoms with van der Waals surface area (Å²) in [5.41, 5.74) is 5.71. The first-order valence-electron chi connectivity index (χ1n) is 8.90. The molecule has 0 saturated carbocycles. The fraction of sp³-hybridized carbons (Fsp3) is 0.182. The lowest BCUT2D eigenvalue weighted by Gasteiger charge is -2.15. The van der Waals surface area contributed by atoms with Crippen LogP contribution in [-0.2, 0) is 12.8 Å². The first-order chi connectivity index (χ1) is 12.7. The molecule has 0 atom stereocenters. The van der Waals surface area contributed by atoms with E-state index >= 15 is 0 Å². The Kier molecular flexibility index (Phi) is 5.64. The fourth-order valence-electron chi connectivity index (χ4n) is 2.90. The number of pyridine rings is 1. The molecule has 4 heteroatoms. The molecule has 0 unspecified atom stereocenters. The Hall–Kier alpha value is -3.14. The van der Waals surface area contributed by atoms with Crippen molar-refractivity contribution in [2.45, 2.75) is 26.7 Å². The molecule has 1 heterocycles. The summed E-state index contributed by atoms with van der Waals surface area (Å²) in [6, 6.07) is 17.6. The third kappa shape index (κ3) is 4.09. The topological polar surface area (TPSA) is 54.0 Å². The van der Waals surface area contributed by atoms with Gasteiger partial charge in [-0.3, -0.25) is 9.78 Å². The molecule has 3 rings (SSSR count). The Morgan fingerprint density at radius 3 is 2.23 bits per heavy atom. The predicted octanol–water partition coefficient (Wildman–Crippen LogP) is 5.20. The Morgan fingerprint density at radius 2 is 1.58 bits per heavy atom. The summed E-state index contributed by atoms with van der Waals surface area (Å²) in [5.74, 6) is -0.174. The third-order valence-corrected chi connectivity index (χ3v) is 4.30. The van der Waals surface area contributed by atoms with Gasteiger partial charge >= 0.3 is 0 Å². The summed E-state index contributed by atoms with van der Waals surface area (Å²) in [6.45, 7) is 4.28. The monoisotopic (exact) mass is 345 g/mol. The number of hydrogen-bond donors (Lipinski definition) is 2. The summed E-state index contributed by atoms with van der Waals surface area (Å²) in [6.07, 6.45) is 5.21. The van der Waals surface area contributed by atoms with Crippen LogP contribution >= 0.6 is 0 Å². The van der Waals surface area contributed by atoms with Crippen LogP contribution in [0.2, 0.25) is 0 Å². The van der Waals surface area contributed by atoms with E-state index in [4.69, 9.17) is 0 Å². The smallest absolute Gasteiger partial charge is 0.257 e. The van der Waals surface area contributed by atoms with Gasteiger partial charge in [-0.1, -0.05) is 50.2 Å². The number of carbonyl (C=O) groups excluding carboxylic acids is 1. The molecule has 0 bridgehead atoms. The Morgan fingerprint density at radius 1 is 0.885 bits per heavy atom. The number of nitrogens with zero attached hydrogens (tertiary/aromatic N) is 1. The molecule has 0 aliphatic heterocycles. The van der Waals surface area contributed by atoms with Gasteiger partial charge in [-0.15, -0.1) is 0 Å². The molecule has 132 valence electrons. The van der Waals surface area contributed by atoms with Crippen molar-refractivity contribution in [3.05, 3.63) is 83.7 Å². The normalized spacial score (nSPS) is 10.4. The molecule has 0 aliphatic carbocycles. The van der Waals surface area contributed by atoms with Gasteiger partial charge in [-0.2, -0.15) is 0 Å². The maximum Gasteiger partial charge on any atom is 0.257 e. The highest BCUT2D eigenvalue weighted by atomic mass is 16.1. The molecule has 0 spiro atoms. The van der Waals surface area contributed by atoms with E-state index in [-0.39, 0.29) is 5.91 Å². The number of aryl methyl sites for hydroxylation is 2. The van der Waals surface area contributed by atoms with E-state index in [0.717, 1.165) is 29.9 Å². The highest BCUT2D eigenvalue weighted by Crippen LogP contribution is 2.26. The minimum Gasteiger partial charge on any atom is -0.354 e. The number of amides is 1. The number of benzene rings is 2. The Labute approximate surface area is 154 Å². The number of hydrogen-bond acceptors (Lipinski definition) is 3. The predicted molar refractivity (Wildman–Crippen MR) is 107 cm³/mol. The van der Waals surface area contributed by atoms with Crippen LogP contribution in [0.1, 0.15) is 35.3 Å². The van der Waals surface area contributed by atoms with Crippen LogP contribution in [0.15, 0.2) is 67.0 Å². The standard InChI is InChI=1S/C22H23N3O/c1-3-16-9-8-10-17(4-2)21(16)24-20-13-18(14-23-15-20)22(26)25-19-11-6-5-7-12-19/h5-15,24H,3-4H2,1-2H3,(H,25,26). The maximum atomic E-state index is 12.5. The minimum atomic E-state index is -0.174. The van der Waals surface area contributed by atoms with Crippen LogP contribution in [0.5, 0.6) is 0 Å². The molecule has 0 radical (unpaired) electrons. The van der Waals surface area contributed by atoms with Crippen LogP contribution in [0.4, 0.5) is 17.1 Å². The highest BCUT2D eigenvalue weighted by molar-refractivity contribution is 6.04. The van der Waals surface area contributed by atoms with E-state index in [1.165, 1.54) is 11.1 Å². The minimum absolute atomic E-state index is 0.174. The molecular formula is C22H23N3O. The molecule has 0 saturated heterocycles. The average molecular weight is 345 g/mol. The number of anilines is 3. The number of carbonyl (C=O) groups is 1. The van der Waals surface area contributed by atoms with Gasteiger partial charge in [0.1, 0.15) is 0 Å². The third-order valence-electron chi connectivity index (χ3n) is 4.30. The van der Waals surface area contributed by atoms with Crippen LogP contribution in [0.3, 0.4) is 0 Å². The van der Waals surface area contributed by atoms with E-state index in [0.29, 0.717) is 5.56 Å². The number of para-hydroxylation sites is 2. The van der Waals surface area contributed by atoms with Gasteiger partial charge < -0.3 is 10.6 Å². The molecule has 1 amide bonds. The second kappa shape index (κ2) is 8.30. The van der Waals surface area contributed by atoms with Gasteiger partial charge in [0.15, 0.2) is 0 Å². The van der Waals surface area contributed by atoms with Gasteiger partial charge in [-0.05, 0) is 42.2 Å². The second-order valence-corrected chi connectivity index (χ2v) is 6.07. The van der Waals surface area contributed by atoms with Crippen LogP contribution in [0, 0.1) is 0 Å². The first kappa shape index (κ1) is 17.7. The van der Waals surface area contributed by atoms with Crippen LogP contribution in [-0.4, -0.2) is 10.9 Å². The summed E-state index contributed by atoms with van der Waals surface area (Å²) in [4.78, 5) is 16.7. The molecule has 1 aromatic heterocycles. The highest BCUT2D eigenvalue weighted by Gasteiger charge is 2.10. The molecule has 0 fully saturated rings. The first-order valence-corrected chi connectivity index (χ1v) is 8.90. The average Bonchev–Trinajstić information content (AvgIpc) is 2.69. The lowest BCUT2D eigenvalue weighted by Crippen LogP contribution is -2.12. The van der Waals surface area contributed by atoms with Crippen molar-refractivity contribution in [2.75, 3.05) is 10.6 Å². The zero-order valence-corrected chi connectivity index (χ0v) is 15.1. The van der Waals surface area contributed by atoms with Gasteiger partial charge in [0, 0.05) is 17.6 Å². The molecule has 2 N–H and O–H groups in total. The van der Waals surface area contributed by atoms with E-state index in [1.807, 2.05) is 36.4 Å². The van der Waals surface area contributed by atoms with E-state index in [1.54, 1.807) is 12.4 Å². The van der Waals surface area contributed by atoms with E-state index < -0.39 is 0 Å². The van der Waals surface area contributed by atoms with Crippen LogP contribution < -0.4 is 10.6 Å². The number of nitrogens with one attached hydrogen (secondary N) is 2. The lowest BCUT2D eigenvalue weighted by molar-refractivity contribution is 0.102. The zero-order valence-electron chi connectivity index (χ0n) is 15.1. The number of aromatic nitrogens is 1. The largest absolute Gasteiger partial charge is 0.354 e. The lowest BCUT2D eigenvalue weighted by atomic mass is 10.0. The molecule has 4 nitrogen and oxygen atoms in total. The van der Waals surface area contributed by atoms with Crippen molar-refractivity contribution in [3.8, 4) is 0 Å². The molecular weight excluding hydrogens is 322 g/mol. The van der Waals surface area contributed by atoms with Crippen molar-refractivity contribution in [1.82, 2.24) is 4.98 Å². The van der Waals surface area contributed by atoms with Crippen molar-refractivity contribution in [1.29, 1.82) is 0 Å². The Balaban J connectivity index is 1.83. The fourth-order valence-corrected chi connectivity index (χ4v) is 2.90. The van der Waals surface area contributed by atoms with Gasteiger partial charge in [-0.25, -0.2) is 0 Å². The van der Waals surface area contributed by atoms with Gasteiger partial charge in [0.05, 0.1) is 17.4 Å². The summed E-state index contributed by atoms with van der Waals surface area (Å²) < 4.78 is 0. The van der Waals surface area contributed by atoms with E-state index in [2.05, 4.69) is 47.7 Å². The Bertz CT molecular complexity index is 869. The van der Waals surface area contributed by atoms with Gasteiger partial charge in [0.2, 0.25) is 0 Å². The zero-order chi connectivity index (χ0) is 18.4. The van der Waals surface area contributed by atoms with Crippen molar-refractivity contribution in [2.24, 2.45) is 0 Å². The van der Waals surface area contributed by atoms with Crippen molar-refractivity contribution >= 4 is 23.0 Å². The second-order valence-electron chi connectivity index (χ2n) is 6.07. The quantitative estimate of drug-likeness (QED) is 0.645. The van der Waals surface area contributed by atoms with Gasteiger partial charge in [0.25, 0.3) is 5.91 Å². The van der Waals surface area contributed by atoms with Crippen LogP contribution in [0.25, 0.3) is 0 Å². The summed E-state index contributed by atoms with van der Waals surface area (Å²) in [7, 11) is 0. The number of rotatable bonds is 6. The van der Waals surface area contributed by atoms with Crippen molar-refractivity contribution < 1.29 is 4.79 Å². The summed E-state index contributed by atoms with van der Waals surface area (Å²) >= 11 is 0. The SMILES string of the molecule is CCc1cccc(CC)c1Nc1cncc(C(=O)Nc2ccccc2)c1. The molecule has 0 aliphatic rings. The molecule has 2 aromatic carbocycles. The summed E-state index contributed by atoms with van der Waals surface area (Å²) in [5, 5.41) is 6.35. The molecule has 3 aromatic rings.